The Bertz CT molecular complexity index is 1680. The summed E-state index contributed by atoms with van der Waals surface area (Å²) in [6, 6.07) is 25.0. The highest BCUT2D eigenvalue weighted by molar-refractivity contribution is 6.13. The molecule has 40 heavy (non-hydrogen) atoms. The first-order chi connectivity index (χ1) is 19.6. The lowest BCUT2D eigenvalue weighted by Crippen LogP contribution is -2.35. The molecule has 204 valence electrons. The maximum absolute atomic E-state index is 13.3. The van der Waals surface area contributed by atoms with Crippen molar-refractivity contribution in [1.29, 1.82) is 0 Å². The maximum atomic E-state index is 13.3. The average Bonchev–Trinajstić information content (AvgIpc) is 3.00. The number of hydrogen-bond acceptors (Lipinski definition) is 5. The molecule has 2 heterocycles. The van der Waals surface area contributed by atoms with Gasteiger partial charge in [-0.05, 0) is 74.5 Å². The Hall–Kier alpha value is -3.81. The molecule has 0 atom stereocenters. The third-order valence-electron chi connectivity index (χ3n) is 7.94. The summed E-state index contributed by atoms with van der Waals surface area (Å²) in [7, 11) is 0. The first-order valence-corrected chi connectivity index (χ1v) is 14.0. The SMILES string of the molecule is O=c1[nH]cc(-c2ccc(CCCO)cc2)c2cc(CO)c3ccc(-c4ccc(CN5CCOCC5)cc4)cc3c12. The summed E-state index contributed by atoms with van der Waals surface area (Å²) < 4.78 is 5.47. The molecule has 0 radical (unpaired) electrons. The van der Waals surface area contributed by atoms with Crippen molar-refractivity contribution in [3.05, 3.63) is 106 Å². The van der Waals surface area contributed by atoms with Gasteiger partial charge < -0.3 is 19.9 Å². The van der Waals surface area contributed by atoms with Gasteiger partial charge in [0, 0.05) is 38.0 Å². The highest BCUT2D eigenvalue weighted by Crippen LogP contribution is 2.35. The Morgan fingerprint density at radius 3 is 2.20 bits per heavy atom. The molecular formula is C34H34N2O4. The molecule has 0 spiro atoms. The van der Waals surface area contributed by atoms with Gasteiger partial charge in [0.05, 0.1) is 25.2 Å². The zero-order valence-corrected chi connectivity index (χ0v) is 22.5. The second-order valence-corrected chi connectivity index (χ2v) is 10.5. The number of aryl methyl sites for hydroxylation is 1. The fraction of sp³-hybridized carbons (Fsp3) is 0.265. The van der Waals surface area contributed by atoms with Crippen LogP contribution in [0.3, 0.4) is 0 Å². The van der Waals surface area contributed by atoms with Gasteiger partial charge in [0.1, 0.15) is 0 Å². The van der Waals surface area contributed by atoms with Gasteiger partial charge in [-0.15, -0.1) is 0 Å². The lowest BCUT2D eigenvalue weighted by molar-refractivity contribution is 0.0342. The smallest absolute Gasteiger partial charge is 0.256 e. The molecule has 0 amide bonds. The predicted octanol–water partition coefficient (Wildman–Crippen LogP) is 5.26. The van der Waals surface area contributed by atoms with E-state index in [0.717, 1.165) is 95.2 Å². The third kappa shape index (κ3) is 5.31. The minimum absolute atomic E-state index is 0.117. The Kier molecular flexibility index (Phi) is 7.75. The van der Waals surface area contributed by atoms with Crippen LogP contribution in [-0.2, 0) is 24.3 Å². The van der Waals surface area contributed by atoms with E-state index in [-0.39, 0.29) is 18.8 Å². The quantitative estimate of drug-likeness (QED) is 0.236. The fourth-order valence-corrected chi connectivity index (χ4v) is 5.75. The van der Waals surface area contributed by atoms with Gasteiger partial charge in [-0.2, -0.15) is 0 Å². The molecule has 1 saturated heterocycles. The molecular weight excluding hydrogens is 500 g/mol. The van der Waals surface area contributed by atoms with Gasteiger partial charge in [0.15, 0.2) is 0 Å². The molecule has 0 aliphatic carbocycles. The van der Waals surface area contributed by atoms with Gasteiger partial charge >= 0.3 is 0 Å². The minimum atomic E-state index is -0.147. The van der Waals surface area contributed by atoms with E-state index >= 15 is 0 Å². The van der Waals surface area contributed by atoms with E-state index < -0.39 is 0 Å². The second kappa shape index (κ2) is 11.7. The van der Waals surface area contributed by atoms with Gasteiger partial charge in [0.25, 0.3) is 5.56 Å². The zero-order chi connectivity index (χ0) is 27.5. The number of H-pyrrole nitrogens is 1. The van der Waals surface area contributed by atoms with Crippen LogP contribution in [0.15, 0.2) is 83.8 Å². The van der Waals surface area contributed by atoms with Crippen molar-refractivity contribution >= 4 is 21.5 Å². The lowest BCUT2D eigenvalue weighted by Gasteiger charge is -2.26. The van der Waals surface area contributed by atoms with Crippen LogP contribution in [0.4, 0.5) is 0 Å². The van der Waals surface area contributed by atoms with Gasteiger partial charge in [-0.1, -0.05) is 60.7 Å². The Labute approximate surface area is 233 Å². The summed E-state index contributed by atoms with van der Waals surface area (Å²) >= 11 is 0. The Morgan fingerprint density at radius 2 is 1.48 bits per heavy atom. The van der Waals surface area contributed by atoms with Crippen LogP contribution < -0.4 is 5.56 Å². The van der Waals surface area contributed by atoms with E-state index in [0.29, 0.717) is 5.39 Å². The average molecular weight is 535 g/mol. The number of morpholine rings is 1. The van der Waals surface area contributed by atoms with Crippen molar-refractivity contribution in [2.75, 3.05) is 32.9 Å². The number of aliphatic hydroxyl groups is 2. The highest BCUT2D eigenvalue weighted by atomic mass is 16.5. The zero-order valence-electron chi connectivity index (χ0n) is 22.5. The van der Waals surface area contributed by atoms with Crippen LogP contribution in [0, 0.1) is 0 Å². The van der Waals surface area contributed by atoms with Crippen molar-refractivity contribution in [1.82, 2.24) is 9.88 Å². The van der Waals surface area contributed by atoms with Crippen LogP contribution in [0.2, 0.25) is 0 Å². The molecule has 6 rings (SSSR count). The van der Waals surface area contributed by atoms with Crippen molar-refractivity contribution in [2.24, 2.45) is 0 Å². The molecule has 3 N–H and O–H groups in total. The van der Waals surface area contributed by atoms with Crippen LogP contribution in [0.25, 0.3) is 43.8 Å². The van der Waals surface area contributed by atoms with Gasteiger partial charge in [-0.25, -0.2) is 0 Å². The molecule has 1 aliphatic heterocycles. The molecule has 0 bridgehead atoms. The molecule has 1 aromatic heterocycles. The van der Waals surface area contributed by atoms with Crippen LogP contribution in [0.1, 0.15) is 23.1 Å². The lowest BCUT2D eigenvalue weighted by atomic mass is 9.91. The maximum Gasteiger partial charge on any atom is 0.256 e. The number of hydrogen-bond donors (Lipinski definition) is 3. The Morgan fingerprint density at radius 1 is 0.775 bits per heavy atom. The number of pyridine rings is 1. The van der Waals surface area contributed by atoms with Crippen LogP contribution >= 0.6 is 0 Å². The van der Waals surface area contributed by atoms with Gasteiger partial charge in [-0.3, -0.25) is 9.69 Å². The molecule has 4 aromatic carbocycles. The number of nitrogens with one attached hydrogen (secondary N) is 1. The normalized spacial score (nSPS) is 14.2. The molecule has 6 heteroatoms. The third-order valence-corrected chi connectivity index (χ3v) is 7.94. The van der Waals surface area contributed by atoms with E-state index in [9.17, 15) is 9.90 Å². The number of fused-ring (bicyclic) bond motifs is 3. The van der Waals surface area contributed by atoms with Crippen LogP contribution in [0.5, 0.6) is 0 Å². The number of aromatic nitrogens is 1. The number of nitrogens with zero attached hydrogens (tertiary/aromatic N) is 1. The summed E-state index contributed by atoms with van der Waals surface area (Å²) in [5.41, 5.74) is 7.09. The van der Waals surface area contributed by atoms with E-state index in [1.165, 1.54) is 5.56 Å². The number of aromatic amines is 1. The number of rotatable bonds is 8. The fourth-order valence-electron chi connectivity index (χ4n) is 5.75. The summed E-state index contributed by atoms with van der Waals surface area (Å²) in [5.74, 6) is 0. The van der Waals surface area contributed by atoms with Crippen molar-refractivity contribution < 1.29 is 14.9 Å². The topological polar surface area (TPSA) is 85.8 Å². The summed E-state index contributed by atoms with van der Waals surface area (Å²) in [5, 5.41) is 22.6. The summed E-state index contributed by atoms with van der Waals surface area (Å²) in [6.07, 6.45) is 3.31. The van der Waals surface area contributed by atoms with Crippen LogP contribution in [-0.4, -0.2) is 53.0 Å². The Balaban J connectivity index is 1.41. The van der Waals surface area contributed by atoms with E-state index in [2.05, 4.69) is 70.5 Å². The number of benzene rings is 4. The second-order valence-electron chi connectivity index (χ2n) is 10.5. The summed E-state index contributed by atoms with van der Waals surface area (Å²) in [4.78, 5) is 18.6. The predicted molar refractivity (Wildman–Crippen MR) is 160 cm³/mol. The summed E-state index contributed by atoms with van der Waals surface area (Å²) in [6.45, 7) is 4.45. The molecule has 0 unspecified atom stereocenters. The van der Waals surface area contributed by atoms with Gasteiger partial charge in [0.2, 0.25) is 0 Å². The number of aliphatic hydroxyl groups excluding tert-OH is 2. The monoisotopic (exact) mass is 534 g/mol. The van der Waals surface area contributed by atoms with E-state index in [1.807, 2.05) is 12.1 Å². The largest absolute Gasteiger partial charge is 0.396 e. The number of ether oxygens (including phenoxy) is 1. The minimum Gasteiger partial charge on any atom is -0.396 e. The molecule has 1 aliphatic rings. The first-order valence-electron chi connectivity index (χ1n) is 14.0. The molecule has 1 fully saturated rings. The molecule has 5 aromatic rings. The molecule has 6 nitrogen and oxygen atoms in total. The first kappa shape index (κ1) is 26.4. The van der Waals surface area contributed by atoms with E-state index in [1.54, 1.807) is 6.20 Å². The van der Waals surface area contributed by atoms with Crippen molar-refractivity contribution in [3.63, 3.8) is 0 Å². The molecule has 0 saturated carbocycles. The van der Waals surface area contributed by atoms with Crippen molar-refractivity contribution in [2.45, 2.75) is 26.0 Å². The van der Waals surface area contributed by atoms with Crippen molar-refractivity contribution in [3.8, 4) is 22.3 Å². The van der Waals surface area contributed by atoms with E-state index in [4.69, 9.17) is 9.84 Å². The highest BCUT2D eigenvalue weighted by Gasteiger charge is 2.15. The standard InChI is InChI=1S/C34H34N2O4/c37-15-1-2-23-3-9-26(10-4-23)32-20-35-34(39)33-30-18-27(11-12-29(30)28(22-38)19-31(32)33)25-7-5-24(6-8-25)21-36-13-16-40-17-14-36/h3-12,18-20,37-38H,1-2,13-17,21-22H2,(H,35,39).